The van der Waals surface area contributed by atoms with E-state index in [4.69, 9.17) is 0 Å². The molecule has 0 atom stereocenters. The number of hydrogen-bond acceptors (Lipinski definition) is 3. The third-order valence-corrected chi connectivity index (χ3v) is 3.14. The molecule has 0 saturated heterocycles. The first-order valence-corrected chi connectivity index (χ1v) is 6.88. The number of pyridine rings is 1. The van der Waals surface area contributed by atoms with Gasteiger partial charge in [0.25, 0.3) is 5.56 Å². The van der Waals surface area contributed by atoms with E-state index in [0.29, 0.717) is 13.1 Å². The molecule has 108 valence electrons. The Balaban J connectivity index is 2.05. The van der Waals surface area contributed by atoms with Gasteiger partial charge in [-0.2, -0.15) is 5.10 Å². The van der Waals surface area contributed by atoms with Gasteiger partial charge in [0, 0.05) is 37.1 Å². The van der Waals surface area contributed by atoms with Crippen molar-refractivity contribution in [1.82, 2.24) is 14.3 Å². The van der Waals surface area contributed by atoms with Gasteiger partial charge < -0.3 is 9.88 Å². The van der Waals surface area contributed by atoms with Gasteiger partial charge in [-0.05, 0) is 33.8 Å². The van der Waals surface area contributed by atoms with Crippen LogP contribution in [0.25, 0.3) is 0 Å². The summed E-state index contributed by atoms with van der Waals surface area (Å²) in [5.41, 5.74) is 2.08. The van der Waals surface area contributed by atoms with Crippen LogP contribution in [0.1, 0.15) is 33.3 Å². The van der Waals surface area contributed by atoms with Crippen molar-refractivity contribution in [3.05, 3.63) is 46.6 Å². The number of aromatic nitrogens is 3. The van der Waals surface area contributed by atoms with Crippen LogP contribution in [0.15, 0.2) is 35.5 Å². The van der Waals surface area contributed by atoms with Crippen molar-refractivity contribution in [2.45, 2.75) is 46.3 Å². The van der Waals surface area contributed by atoms with E-state index in [2.05, 4.69) is 31.2 Å². The van der Waals surface area contributed by atoms with Crippen LogP contribution in [0.2, 0.25) is 0 Å². The van der Waals surface area contributed by atoms with E-state index in [0.717, 1.165) is 11.3 Å². The van der Waals surface area contributed by atoms with Crippen LogP contribution in [0, 0.1) is 0 Å². The standard InChI is InChI=1S/C15H22N4O/c1-5-18-11-13(6-7-14(18)20)16-8-12-9-17-19(10-12)15(2,3)4/h6-7,9-11,16H,5,8H2,1-4H3. The van der Waals surface area contributed by atoms with Gasteiger partial charge in [0.15, 0.2) is 0 Å². The van der Waals surface area contributed by atoms with Gasteiger partial charge in [0.1, 0.15) is 0 Å². The van der Waals surface area contributed by atoms with Crippen molar-refractivity contribution in [2.24, 2.45) is 0 Å². The molecule has 2 aromatic rings. The van der Waals surface area contributed by atoms with E-state index >= 15 is 0 Å². The number of hydrogen-bond donors (Lipinski definition) is 1. The van der Waals surface area contributed by atoms with Gasteiger partial charge in [0.2, 0.25) is 0 Å². The molecule has 0 radical (unpaired) electrons. The van der Waals surface area contributed by atoms with Gasteiger partial charge in [-0.3, -0.25) is 9.48 Å². The Hall–Kier alpha value is -2.04. The summed E-state index contributed by atoms with van der Waals surface area (Å²) in [7, 11) is 0. The smallest absolute Gasteiger partial charge is 0.250 e. The molecule has 2 heterocycles. The second-order valence-electron chi connectivity index (χ2n) is 5.86. The number of nitrogens with one attached hydrogen (secondary N) is 1. The summed E-state index contributed by atoms with van der Waals surface area (Å²) in [5.74, 6) is 0. The fraction of sp³-hybridized carbons (Fsp3) is 0.467. The Bertz CT molecular complexity index is 634. The Morgan fingerprint density at radius 1 is 1.25 bits per heavy atom. The summed E-state index contributed by atoms with van der Waals surface area (Å²) < 4.78 is 3.64. The highest BCUT2D eigenvalue weighted by Gasteiger charge is 2.13. The molecule has 20 heavy (non-hydrogen) atoms. The van der Waals surface area contributed by atoms with Crippen LogP contribution < -0.4 is 10.9 Å². The highest BCUT2D eigenvalue weighted by atomic mass is 16.1. The van der Waals surface area contributed by atoms with Crippen LogP contribution in [-0.2, 0) is 18.6 Å². The van der Waals surface area contributed by atoms with E-state index in [-0.39, 0.29) is 11.1 Å². The number of rotatable bonds is 4. The van der Waals surface area contributed by atoms with Crippen LogP contribution in [0.5, 0.6) is 0 Å². The Morgan fingerprint density at radius 3 is 2.60 bits per heavy atom. The molecule has 0 saturated carbocycles. The molecule has 0 spiro atoms. The fourth-order valence-electron chi connectivity index (χ4n) is 1.91. The zero-order chi connectivity index (χ0) is 14.8. The molecule has 5 nitrogen and oxygen atoms in total. The number of aryl methyl sites for hydroxylation is 1. The van der Waals surface area contributed by atoms with Crippen molar-refractivity contribution in [3.63, 3.8) is 0 Å². The second-order valence-corrected chi connectivity index (χ2v) is 5.86. The highest BCUT2D eigenvalue weighted by Crippen LogP contribution is 2.14. The van der Waals surface area contributed by atoms with E-state index in [1.807, 2.05) is 36.3 Å². The van der Waals surface area contributed by atoms with Crippen molar-refractivity contribution in [2.75, 3.05) is 5.32 Å². The largest absolute Gasteiger partial charge is 0.380 e. The van der Waals surface area contributed by atoms with Crippen molar-refractivity contribution >= 4 is 5.69 Å². The van der Waals surface area contributed by atoms with Gasteiger partial charge in [-0.15, -0.1) is 0 Å². The molecule has 2 aromatic heterocycles. The lowest BCUT2D eigenvalue weighted by atomic mass is 10.1. The monoisotopic (exact) mass is 274 g/mol. The average molecular weight is 274 g/mol. The van der Waals surface area contributed by atoms with E-state index < -0.39 is 0 Å². The molecular weight excluding hydrogens is 252 g/mol. The highest BCUT2D eigenvalue weighted by molar-refractivity contribution is 5.40. The molecule has 0 unspecified atom stereocenters. The van der Waals surface area contributed by atoms with Crippen molar-refractivity contribution in [1.29, 1.82) is 0 Å². The van der Waals surface area contributed by atoms with Crippen LogP contribution in [0.3, 0.4) is 0 Å². The lowest BCUT2D eigenvalue weighted by Gasteiger charge is -2.18. The second kappa shape index (κ2) is 5.53. The number of nitrogens with zero attached hydrogens (tertiary/aromatic N) is 3. The zero-order valence-corrected chi connectivity index (χ0v) is 12.6. The molecule has 2 rings (SSSR count). The maximum absolute atomic E-state index is 11.5. The lowest BCUT2D eigenvalue weighted by molar-refractivity contribution is 0.355. The van der Waals surface area contributed by atoms with E-state index in [1.54, 1.807) is 10.6 Å². The molecule has 1 N–H and O–H groups in total. The first-order valence-electron chi connectivity index (χ1n) is 6.88. The molecule has 0 aliphatic heterocycles. The molecular formula is C15H22N4O. The quantitative estimate of drug-likeness (QED) is 0.931. The first kappa shape index (κ1) is 14.4. The van der Waals surface area contributed by atoms with Crippen molar-refractivity contribution in [3.8, 4) is 0 Å². The molecule has 0 aliphatic rings. The SMILES string of the molecule is CCn1cc(NCc2cnn(C(C)(C)C)c2)ccc1=O. The Labute approximate surface area is 119 Å². The zero-order valence-electron chi connectivity index (χ0n) is 12.6. The van der Waals surface area contributed by atoms with Gasteiger partial charge >= 0.3 is 0 Å². The summed E-state index contributed by atoms with van der Waals surface area (Å²) >= 11 is 0. The summed E-state index contributed by atoms with van der Waals surface area (Å²) in [4.78, 5) is 11.5. The van der Waals surface area contributed by atoms with Crippen LogP contribution >= 0.6 is 0 Å². The molecule has 0 aliphatic carbocycles. The Kier molecular flexibility index (Phi) is 3.97. The van der Waals surface area contributed by atoms with Gasteiger partial charge in [-0.25, -0.2) is 0 Å². The molecule has 0 amide bonds. The number of anilines is 1. The normalized spacial score (nSPS) is 11.6. The summed E-state index contributed by atoms with van der Waals surface area (Å²) in [6.45, 7) is 9.68. The van der Waals surface area contributed by atoms with E-state index in [1.165, 1.54) is 0 Å². The maximum atomic E-state index is 11.5. The molecule has 0 bridgehead atoms. The minimum atomic E-state index is -0.00626. The third-order valence-electron chi connectivity index (χ3n) is 3.14. The topological polar surface area (TPSA) is 51.9 Å². The molecule has 0 fully saturated rings. The van der Waals surface area contributed by atoms with Crippen LogP contribution in [0.4, 0.5) is 5.69 Å². The summed E-state index contributed by atoms with van der Waals surface area (Å²) in [5, 5.41) is 7.68. The molecule has 5 heteroatoms. The maximum Gasteiger partial charge on any atom is 0.250 e. The molecule has 0 aromatic carbocycles. The summed E-state index contributed by atoms with van der Waals surface area (Å²) in [6.07, 6.45) is 5.76. The first-order chi connectivity index (χ1) is 9.40. The minimum Gasteiger partial charge on any atom is -0.380 e. The predicted octanol–water partition coefficient (Wildman–Crippen LogP) is 2.43. The van der Waals surface area contributed by atoms with E-state index in [9.17, 15) is 4.79 Å². The van der Waals surface area contributed by atoms with Crippen LogP contribution in [-0.4, -0.2) is 14.3 Å². The van der Waals surface area contributed by atoms with Crippen molar-refractivity contribution < 1.29 is 0 Å². The lowest BCUT2D eigenvalue weighted by Crippen LogP contribution is -2.22. The van der Waals surface area contributed by atoms with Gasteiger partial charge in [0.05, 0.1) is 17.4 Å². The van der Waals surface area contributed by atoms with Gasteiger partial charge in [-0.1, -0.05) is 0 Å². The fourth-order valence-corrected chi connectivity index (χ4v) is 1.91. The average Bonchev–Trinajstić information content (AvgIpc) is 2.86. The summed E-state index contributed by atoms with van der Waals surface area (Å²) in [6, 6.07) is 3.40. The Morgan fingerprint density at radius 2 is 2.00 bits per heavy atom. The third kappa shape index (κ3) is 3.29. The predicted molar refractivity (Wildman–Crippen MR) is 80.9 cm³/mol. The minimum absolute atomic E-state index is 0.00626.